The van der Waals surface area contributed by atoms with Gasteiger partial charge in [-0.15, -0.1) is 0 Å². The van der Waals surface area contributed by atoms with E-state index in [0.29, 0.717) is 5.69 Å². The van der Waals surface area contributed by atoms with Gasteiger partial charge in [0.15, 0.2) is 6.61 Å². The Hall–Kier alpha value is -2.94. The number of hydrogen-bond donors (Lipinski definition) is 1. The van der Waals surface area contributed by atoms with Gasteiger partial charge >= 0.3 is 5.97 Å². The molecule has 0 aliphatic rings. The highest BCUT2D eigenvalue weighted by atomic mass is 35.5. The molecule has 0 fully saturated rings. The van der Waals surface area contributed by atoms with Crippen LogP contribution in [0.3, 0.4) is 0 Å². The number of hydrogen-bond acceptors (Lipinski definition) is 5. The van der Waals surface area contributed by atoms with Crippen LogP contribution in [0.25, 0.3) is 5.69 Å². The highest BCUT2D eigenvalue weighted by molar-refractivity contribution is 6.33. The van der Waals surface area contributed by atoms with Crippen molar-refractivity contribution in [2.24, 2.45) is 0 Å². The molecule has 2 aromatic rings. The zero-order valence-corrected chi connectivity index (χ0v) is 15.7. The van der Waals surface area contributed by atoms with Crippen LogP contribution in [-0.4, -0.2) is 59.7 Å². The largest absolute Gasteiger partial charge is 0.452 e. The first-order valence-electron chi connectivity index (χ1n) is 7.85. The Bertz CT molecular complexity index is 865. The van der Waals surface area contributed by atoms with Crippen LogP contribution < -0.4 is 5.32 Å². The minimum Gasteiger partial charge on any atom is -0.452 e. The van der Waals surface area contributed by atoms with E-state index in [0.717, 1.165) is 0 Å². The van der Waals surface area contributed by atoms with E-state index in [2.05, 4.69) is 10.4 Å². The predicted octanol–water partition coefficient (Wildman–Crippen LogP) is 1.33. The molecule has 144 valence electrons. The van der Waals surface area contributed by atoms with E-state index in [1.54, 1.807) is 21.0 Å². The van der Waals surface area contributed by atoms with Crippen LogP contribution in [0.15, 0.2) is 24.3 Å². The van der Waals surface area contributed by atoms with Gasteiger partial charge in [0, 0.05) is 14.1 Å². The Labute approximate surface area is 159 Å². The van der Waals surface area contributed by atoms with Crippen molar-refractivity contribution in [1.29, 1.82) is 0 Å². The summed E-state index contributed by atoms with van der Waals surface area (Å²) in [5.74, 6) is -2.18. The zero-order chi connectivity index (χ0) is 20.1. The third kappa shape index (κ3) is 5.04. The van der Waals surface area contributed by atoms with Crippen molar-refractivity contribution in [2.75, 3.05) is 27.2 Å². The van der Waals surface area contributed by atoms with Crippen molar-refractivity contribution in [1.82, 2.24) is 20.0 Å². The zero-order valence-electron chi connectivity index (χ0n) is 15.0. The fourth-order valence-electron chi connectivity index (χ4n) is 2.07. The first-order valence-corrected chi connectivity index (χ1v) is 8.23. The Balaban J connectivity index is 2.03. The average molecular weight is 397 g/mol. The number of amides is 2. The fourth-order valence-corrected chi connectivity index (χ4v) is 2.42. The quantitative estimate of drug-likeness (QED) is 0.743. The fraction of sp³-hybridized carbons (Fsp3) is 0.294. The molecular weight excluding hydrogens is 379 g/mol. The van der Waals surface area contributed by atoms with E-state index < -0.39 is 24.3 Å². The van der Waals surface area contributed by atoms with Crippen molar-refractivity contribution in [3.63, 3.8) is 0 Å². The predicted molar refractivity (Wildman–Crippen MR) is 95.3 cm³/mol. The minimum atomic E-state index is -0.833. The number of ether oxygens (including phenoxy) is 1. The second kappa shape index (κ2) is 8.63. The van der Waals surface area contributed by atoms with Gasteiger partial charge in [-0.1, -0.05) is 11.6 Å². The average Bonchev–Trinajstić information content (AvgIpc) is 2.92. The van der Waals surface area contributed by atoms with Crippen LogP contribution in [0.2, 0.25) is 5.15 Å². The standard InChI is InChI=1S/C17H18ClFN4O4/c1-10-15(16(18)23(21-10)12-6-4-11(19)5-7-12)17(26)27-9-13(24)20-8-14(25)22(2)3/h4-7H,8-9H2,1-3H3,(H,20,24). The van der Waals surface area contributed by atoms with Crippen LogP contribution in [0, 0.1) is 12.7 Å². The van der Waals surface area contributed by atoms with E-state index in [-0.39, 0.29) is 28.9 Å². The number of esters is 1. The number of nitrogens with zero attached hydrogens (tertiary/aromatic N) is 3. The molecule has 0 radical (unpaired) electrons. The number of likely N-dealkylation sites (N-methyl/N-ethyl adjacent to an activating group) is 1. The van der Waals surface area contributed by atoms with Crippen molar-refractivity contribution in [3.05, 3.63) is 46.5 Å². The first-order chi connectivity index (χ1) is 12.7. The molecule has 1 N–H and O–H groups in total. The molecule has 0 aliphatic heterocycles. The van der Waals surface area contributed by atoms with Crippen molar-refractivity contribution < 1.29 is 23.5 Å². The van der Waals surface area contributed by atoms with Gasteiger partial charge in [-0.25, -0.2) is 13.9 Å². The summed E-state index contributed by atoms with van der Waals surface area (Å²) in [4.78, 5) is 36.7. The van der Waals surface area contributed by atoms with Gasteiger partial charge in [0.2, 0.25) is 5.91 Å². The molecule has 1 heterocycles. The molecule has 2 rings (SSSR count). The minimum absolute atomic E-state index is 0.00170. The van der Waals surface area contributed by atoms with E-state index in [1.165, 1.54) is 33.8 Å². The highest BCUT2D eigenvalue weighted by Gasteiger charge is 2.23. The van der Waals surface area contributed by atoms with Crippen LogP contribution >= 0.6 is 11.6 Å². The van der Waals surface area contributed by atoms with Gasteiger partial charge in [0.25, 0.3) is 5.91 Å². The summed E-state index contributed by atoms with van der Waals surface area (Å²) in [6.45, 7) is 0.779. The van der Waals surface area contributed by atoms with E-state index in [1.807, 2.05) is 0 Å². The molecule has 0 saturated heterocycles. The molecule has 27 heavy (non-hydrogen) atoms. The van der Waals surface area contributed by atoms with Gasteiger partial charge in [0.05, 0.1) is 17.9 Å². The molecule has 2 amide bonds. The molecule has 8 nitrogen and oxygen atoms in total. The molecule has 0 saturated carbocycles. The second-order valence-corrected chi connectivity index (χ2v) is 6.14. The lowest BCUT2D eigenvalue weighted by Gasteiger charge is -2.11. The summed E-state index contributed by atoms with van der Waals surface area (Å²) in [5, 5.41) is 6.47. The molecular formula is C17H18ClFN4O4. The molecule has 0 unspecified atom stereocenters. The maximum Gasteiger partial charge on any atom is 0.343 e. The van der Waals surface area contributed by atoms with Gasteiger partial charge in [-0.05, 0) is 31.2 Å². The third-order valence-corrected chi connectivity index (χ3v) is 3.90. The summed E-state index contributed by atoms with van der Waals surface area (Å²) in [6, 6.07) is 5.38. The maximum atomic E-state index is 13.1. The number of aryl methyl sites for hydroxylation is 1. The molecule has 0 spiro atoms. The van der Waals surface area contributed by atoms with E-state index in [4.69, 9.17) is 16.3 Å². The lowest BCUT2D eigenvalue weighted by atomic mass is 10.2. The first kappa shape index (κ1) is 20.4. The molecule has 0 bridgehead atoms. The summed E-state index contributed by atoms with van der Waals surface area (Å²) in [5.41, 5.74) is 0.749. The Morgan fingerprint density at radius 2 is 1.89 bits per heavy atom. The van der Waals surface area contributed by atoms with Gasteiger partial charge in [-0.3, -0.25) is 9.59 Å². The van der Waals surface area contributed by atoms with E-state index in [9.17, 15) is 18.8 Å². The number of aromatic nitrogens is 2. The molecule has 10 heteroatoms. The Morgan fingerprint density at radius 3 is 2.48 bits per heavy atom. The van der Waals surface area contributed by atoms with Crippen molar-refractivity contribution in [2.45, 2.75) is 6.92 Å². The molecule has 1 aromatic heterocycles. The number of halogens is 2. The van der Waals surface area contributed by atoms with Crippen molar-refractivity contribution >= 4 is 29.4 Å². The lowest BCUT2D eigenvalue weighted by molar-refractivity contribution is -0.131. The normalized spacial score (nSPS) is 10.4. The SMILES string of the molecule is Cc1nn(-c2ccc(F)cc2)c(Cl)c1C(=O)OCC(=O)NCC(=O)N(C)C. The number of rotatable bonds is 6. The topological polar surface area (TPSA) is 93.5 Å². The van der Waals surface area contributed by atoms with Crippen LogP contribution in [0.1, 0.15) is 16.1 Å². The van der Waals surface area contributed by atoms with Crippen LogP contribution in [-0.2, 0) is 14.3 Å². The van der Waals surface area contributed by atoms with Crippen LogP contribution in [0.4, 0.5) is 4.39 Å². The molecule has 0 atom stereocenters. The monoisotopic (exact) mass is 396 g/mol. The number of carbonyl (C=O) groups excluding carboxylic acids is 3. The molecule has 1 aromatic carbocycles. The summed E-state index contributed by atoms with van der Waals surface area (Å²) < 4.78 is 19.3. The Kier molecular flexibility index (Phi) is 6.51. The maximum absolute atomic E-state index is 13.1. The summed E-state index contributed by atoms with van der Waals surface area (Å²) in [7, 11) is 3.11. The summed E-state index contributed by atoms with van der Waals surface area (Å²) in [6.07, 6.45) is 0. The van der Waals surface area contributed by atoms with Gasteiger partial charge in [-0.2, -0.15) is 5.10 Å². The molecule has 0 aliphatic carbocycles. The third-order valence-electron chi connectivity index (χ3n) is 3.55. The number of nitrogens with one attached hydrogen (secondary N) is 1. The summed E-state index contributed by atoms with van der Waals surface area (Å²) >= 11 is 6.21. The van der Waals surface area contributed by atoms with Crippen molar-refractivity contribution in [3.8, 4) is 5.69 Å². The van der Waals surface area contributed by atoms with Gasteiger partial charge in [0.1, 0.15) is 16.5 Å². The highest BCUT2D eigenvalue weighted by Crippen LogP contribution is 2.24. The lowest BCUT2D eigenvalue weighted by Crippen LogP contribution is -2.38. The van der Waals surface area contributed by atoms with Crippen LogP contribution in [0.5, 0.6) is 0 Å². The van der Waals surface area contributed by atoms with Gasteiger partial charge < -0.3 is 15.0 Å². The number of benzene rings is 1. The smallest absolute Gasteiger partial charge is 0.343 e. The second-order valence-electron chi connectivity index (χ2n) is 5.78. The van der Waals surface area contributed by atoms with E-state index >= 15 is 0 Å². The Morgan fingerprint density at radius 1 is 1.26 bits per heavy atom. The number of carbonyl (C=O) groups is 3.